The number of carbonyl (C=O) groups excluding carboxylic acids is 2. The van der Waals surface area contributed by atoms with Gasteiger partial charge < -0.3 is 15.0 Å². The molecular formula is C21H25N3O3S. The van der Waals surface area contributed by atoms with Gasteiger partial charge in [0.05, 0.1) is 13.7 Å². The van der Waals surface area contributed by atoms with Gasteiger partial charge in [-0.05, 0) is 68.4 Å². The average Bonchev–Trinajstić information content (AvgIpc) is 2.69. The van der Waals surface area contributed by atoms with Crippen molar-refractivity contribution in [3.63, 3.8) is 0 Å². The third-order valence-corrected chi connectivity index (χ3v) is 4.68. The van der Waals surface area contributed by atoms with Crippen LogP contribution in [-0.2, 0) is 4.79 Å². The average molecular weight is 400 g/mol. The zero-order valence-electron chi connectivity index (χ0n) is 16.5. The van der Waals surface area contributed by atoms with Gasteiger partial charge in [0.25, 0.3) is 5.91 Å². The molecule has 0 aromatic heterocycles. The van der Waals surface area contributed by atoms with Crippen molar-refractivity contribution in [1.29, 1.82) is 0 Å². The molecular weight excluding hydrogens is 374 g/mol. The summed E-state index contributed by atoms with van der Waals surface area (Å²) >= 11 is 5.32. The molecule has 28 heavy (non-hydrogen) atoms. The molecule has 2 aromatic carbocycles. The minimum Gasteiger partial charge on any atom is -0.497 e. The van der Waals surface area contributed by atoms with Gasteiger partial charge in [0.2, 0.25) is 5.91 Å². The van der Waals surface area contributed by atoms with Gasteiger partial charge in [0.15, 0.2) is 5.11 Å². The van der Waals surface area contributed by atoms with Crippen LogP contribution in [0.1, 0.15) is 28.4 Å². The van der Waals surface area contributed by atoms with Crippen LogP contribution in [0.2, 0.25) is 0 Å². The fourth-order valence-corrected chi connectivity index (χ4v) is 2.97. The largest absolute Gasteiger partial charge is 0.497 e. The topological polar surface area (TPSA) is 70.7 Å². The Hall–Kier alpha value is -2.93. The molecule has 0 saturated carbocycles. The normalized spacial score (nSPS) is 10.1. The van der Waals surface area contributed by atoms with Crippen molar-refractivity contribution in [1.82, 2.24) is 10.2 Å². The maximum atomic E-state index is 12.5. The number of anilines is 1. The Morgan fingerprint density at radius 3 is 2.21 bits per heavy atom. The summed E-state index contributed by atoms with van der Waals surface area (Å²) in [7, 11) is 1.56. The van der Waals surface area contributed by atoms with Crippen LogP contribution in [0, 0.1) is 13.8 Å². The predicted molar refractivity (Wildman–Crippen MR) is 115 cm³/mol. The standard InChI is InChI=1S/C21H25N3O3S/c1-5-24(13-18(25)22-19-14(2)7-6-8-15(19)3)21(28)23-20(26)16-9-11-17(27-4)12-10-16/h6-12H,5,13H2,1-4H3,(H,22,25)(H,23,26,28). The van der Waals surface area contributed by atoms with E-state index in [0.29, 0.717) is 17.9 Å². The fraction of sp³-hybridized carbons (Fsp3) is 0.286. The first kappa shape index (κ1) is 21.4. The van der Waals surface area contributed by atoms with Crippen molar-refractivity contribution in [2.45, 2.75) is 20.8 Å². The molecule has 2 amide bonds. The molecule has 0 unspecified atom stereocenters. The van der Waals surface area contributed by atoms with E-state index >= 15 is 0 Å². The monoisotopic (exact) mass is 399 g/mol. The molecule has 7 heteroatoms. The number of para-hydroxylation sites is 1. The summed E-state index contributed by atoms with van der Waals surface area (Å²) in [6.07, 6.45) is 0. The second-order valence-electron chi connectivity index (χ2n) is 6.32. The molecule has 0 saturated heterocycles. The van der Waals surface area contributed by atoms with Crippen molar-refractivity contribution in [3.8, 4) is 5.75 Å². The number of likely N-dealkylation sites (N-methyl/N-ethyl adjacent to an activating group) is 1. The fourth-order valence-electron chi connectivity index (χ4n) is 2.68. The molecule has 0 fully saturated rings. The number of benzene rings is 2. The summed E-state index contributed by atoms with van der Waals surface area (Å²) in [4.78, 5) is 26.5. The number of rotatable bonds is 6. The first-order chi connectivity index (χ1) is 13.3. The Balaban J connectivity index is 1.98. The van der Waals surface area contributed by atoms with E-state index in [0.717, 1.165) is 16.8 Å². The highest BCUT2D eigenvalue weighted by atomic mass is 32.1. The molecule has 2 aromatic rings. The quantitative estimate of drug-likeness (QED) is 0.730. The van der Waals surface area contributed by atoms with E-state index in [4.69, 9.17) is 17.0 Å². The van der Waals surface area contributed by atoms with Crippen LogP contribution in [0.4, 0.5) is 5.69 Å². The molecule has 6 nitrogen and oxygen atoms in total. The zero-order chi connectivity index (χ0) is 20.7. The van der Waals surface area contributed by atoms with E-state index < -0.39 is 0 Å². The highest BCUT2D eigenvalue weighted by Crippen LogP contribution is 2.19. The lowest BCUT2D eigenvalue weighted by Gasteiger charge is -2.23. The lowest BCUT2D eigenvalue weighted by molar-refractivity contribution is -0.116. The summed E-state index contributed by atoms with van der Waals surface area (Å²) in [5.74, 6) is 0.138. The summed E-state index contributed by atoms with van der Waals surface area (Å²) < 4.78 is 5.08. The first-order valence-corrected chi connectivity index (χ1v) is 9.37. The van der Waals surface area contributed by atoms with Crippen LogP contribution in [0.5, 0.6) is 5.75 Å². The SMILES string of the molecule is CCN(CC(=O)Nc1c(C)cccc1C)C(=S)NC(=O)c1ccc(OC)cc1. The molecule has 2 N–H and O–H groups in total. The highest BCUT2D eigenvalue weighted by molar-refractivity contribution is 7.80. The van der Waals surface area contributed by atoms with E-state index in [1.807, 2.05) is 39.0 Å². The van der Waals surface area contributed by atoms with Crippen LogP contribution in [-0.4, -0.2) is 42.0 Å². The molecule has 0 bridgehead atoms. The van der Waals surface area contributed by atoms with Crippen LogP contribution < -0.4 is 15.4 Å². The first-order valence-electron chi connectivity index (χ1n) is 8.96. The Labute approximate surface area is 170 Å². The molecule has 148 valence electrons. The highest BCUT2D eigenvalue weighted by Gasteiger charge is 2.16. The molecule has 2 rings (SSSR count). The van der Waals surface area contributed by atoms with Gasteiger partial charge in [-0.2, -0.15) is 0 Å². The van der Waals surface area contributed by atoms with Gasteiger partial charge in [0, 0.05) is 17.8 Å². The number of hydrogen-bond acceptors (Lipinski definition) is 4. The van der Waals surface area contributed by atoms with Crippen LogP contribution in [0.15, 0.2) is 42.5 Å². The van der Waals surface area contributed by atoms with Crippen LogP contribution in [0.25, 0.3) is 0 Å². The summed E-state index contributed by atoms with van der Waals surface area (Å²) in [5, 5.41) is 5.81. The van der Waals surface area contributed by atoms with Crippen molar-refractivity contribution < 1.29 is 14.3 Å². The second-order valence-corrected chi connectivity index (χ2v) is 6.70. The third kappa shape index (κ3) is 5.53. The lowest BCUT2D eigenvalue weighted by Crippen LogP contribution is -2.45. The third-order valence-electron chi connectivity index (χ3n) is 4.32. The maximum Gasteiger partial charge on any atom is 0.257 e. The van der Waals surface area contributed by atoms with Crippen molar-refractivity contribution in [3.05, 3.63) is 59.2 Å². The molecule has 0 aliphatic carbocycles. The number of aryl methyl sites for hydroxylation is 2. The van der Waals surface area contributed by atoms with Crippen LogP contribution in [0.3, 0.4) is 0 Å². The Morgan fingerprint density at radius 2 is 1.68 bits per heavy atom. The molecule has 0 heterocycles. The van der Waals surface area contributed by atoms with Gasteiger partial charge in [-0.1, -0.05) is 18.2 Å². The van der Waals surface area contributed by atoms with Gasteiger partial charge >= 0.3 is 0 Å². The van der Waals surface area contributed by atoms with Crippen molar-refractivity contribution >= 4 is 34.8 Å². The minimum atomic E-state index is -0.332. The number of nitrogens with one attached hydrogen (secondary N) is 2. The number of carbonyl (C=O) groups is 2. The van der Waals surface area contributed by atoms with E-state index in [2.05, 4.69) is 10.6 Å². The van der Waals surface area contributed by atoms with Gasteiger partial charge in [0.1, 0.15) is 5.75 Å². The maximum absolute atomic E-state index is 12.5. The van der Waals surface area contributed by atoms with Crippen LogP contribution >= 0.6 is 12.2 Å². The van der Waals surface area contributed by atoms with Gasteiger partial charge in [-0.15, -0.1) is 0 Å². The molecule has 0 radical (unpaired) electrons. The lowest BCUT2D eigenvalue weighted by atomic mass is 10.1. The smallest absolute Gasteiger partial charge is 0.257 e. The minimum absolute atomic E-state index is 0.0476. The van der Waals surface area contributed by atoms with Gasteiger partial charge in [-0.25, -0.2) is 0 Å². The van der Waals surface area contributed by atoms with E-state index in [9.17, 15) is 9.59 Å². The molecule has 0 atom stereocenters. The number of ether oxygens (including phenoxy) is 1. The van der Waals surface area contributed by atoms with E-state index in [1.54, 1.807) is 36.3 Å². The summed E-state index contributed by atoms with van der Waals surface area (Å²) in [5.41, 5.74) is 3.24. The molecule has 0 aliphatic rings. The number of methoxy groups -OCH3 is 1. The summed E-state index contributed by atoms with van der Waals surface area (Å²) in [6.45, 7) is 6.30. The van der Waals surface area contributed by atoms with Crippen molar-refractivity contribution in [2.24, 2.45) is 0 Å². The van der Waals surface area contributed by atoms with E-state index in [1.165, 1.54) is 0 Å². The Morgan fingerprint density at radius 1 is 1.07 bits per heavy atom. The van der Waals surface area contributed by atoms with E-state index in [-0.39, 0.29) is 23.5 Å². The predicted octanol–water partition coefficient (Wildman–Crippen LogP) is 3.29. The zero-order valence-corrected chi connectivity index (χ0v) is 17.4. The molecule has 0 aliphatic heterocycles. The summed E-state index contributed by atoms with van der Waals surface area (Å²) in [6, 6.07) is 12.5. The second kappa shape index (κ2) is 9.85. The van der Waals surface area contributed by atoms with Gasteiger partial charge in [-0.3, -0.25) is 14.9 Å². The Bertz CT molecular complexity index is 845. The molecule has 0 spiro atoms. The number of thiocarbonyl (C=S) groups is 1. The number of nitrogens with zero attached hydrogens (tertiary/aromatic N) is 1. The van der Waals surface area contributed by atoms with Crippen molar-refractivity contribution in [2.75, 3.05) is 25.5 Å². The number of hydrogen-bond donors (Lipinski definition) is 2. The Kier molecular flexibility index (Phi) is 7.52. The number of amides is 2.